The van der Waals surface area contributed by atoms with Crippen LogP contribution in [-0.4, -0.2) is 23.3 Å². The second-order valence-corrected chi connectivity index (χ2v) is 4.51. The van der Waals surface area contributed by atoms with Gasteiger partial charge < -0.3 is 10.1 Å². The SMILES string of the molecule is COc1ccccc1CC(C)NCc1cccnn1. The zero-order chi connectivity index (χ0) is 13.5. The second kappa shape index (κ2) is 6.85. The zero-order valence-electron chi connectivity index (χ0n) is 11.3. The zero-order valence-corrected chi connectivity index (χ0v) is 11.3. The molecular formula is C15H19N3O. The first-order chi connectivity index (χ1) is 9.29. The van der Waals surface area contributed by atoms with Gasteiger partial charge in [-0.1, -0.05) is 18.2 Å². The number of rotatable bonds is 6. The molecule has 0 spiro atoms. The van der Waals surface area contributed by atoms with Gasteiger partial charge in [0.05, 0.1) is 12.8 Å². The van der Waals surface area contributed by atoms with E-state index in [1.807, 2.05) is 30.3 Å². The largest absolute Gasteiger partial charge is 0.496 e. The van der Waals surface area contributed by atoms with E-state index in [2.05, 4.69) is 28.5 Å². The number of hydrogen-bond donors (Lipinski definition) is 1. The molecule has 1 atom stereocenters. The molecule has 0 aliphatic carbocycles. The summed E-state index contributed by atoms with van der Waals surface area (Å²) in [7, 11) is 1.70. The first-order valence-electron chi connectivity index (χ1n) is 6.41. The maximum absolute atomic E-state index is 5.36. The lowest BCUT2D eigenvalue weighted by atomic mass is 10.1. The average molecular weight is 257 g/mol. The number of hydrogen-bond acceptors (Lipinski definition) is 4. The smallest absolute Gasteiger partial charge is 0.122 e. The summed E-state index contributed by atoms with van der Waals surface area (Å²) in [5, 5.41) is 11.4. The van der Waals surface area contributed by atoms with Crippen LogP contribution in [0.2, 0.25) is 0 Å². The Kier molecular flexibility index (Phi) is 4.86. The predicted molar refractivity (Wildman–Crippen MR) is 75.0 cm³/mol. The average Bonchev–Trinajstić information content (AvgIpc) is 2.47. The van der Waals surface area contributed by atoms with Crippen molar-refractivity contribution in [2.45, 2.75) is 25.9 Å². The molecule has 0 saturated carbocycles. The van der Waals surface area contributed by atoms with E-state index in [-0.39, 0.29) is 0 Å². The molecule has 0 bridgehead atoms. The highest BCUT2D eigenvalue weighted by Crippen LogP contribution is 2.18. The third-order valence-electron chi connectivity index (χ3n) is 2.98. The normalized spacial score (nSPS) is 12.1. The maximum atomic E-state index is 5.36. The van der Waals surface area contributed by atoms with Gasteiger partial charge in [-0.25, -0.2) is 0 Å². The van der Waals surface area contributed by atoms with Crippen molar-refractivity contribution in [3.05, 3.63) is 53.9 Å². The Morgan fingerprint density at radius 1 is 1.21 bits per heavy atom. The van der Waals surface area contributed by atoms with Crippen LogP contribution in [0.1, 0.15) is 18.2 Å². The second-order valence-electron chi connectivity index (χ2n) is 4.51. The van der Waals surface area contributed by atoms with Crippen molar-refractivity contribution in [2.75, 3.05) is 7.11 Å². The minimum atomic E-state index is 0.346. The van der Waals surface area contributed by atoms with Gasteiger partial charge in [0.1, 0.15) is 5.75 Å². The van der Waals surface area contributed by atoms with Gasteiger partial charge in [-0.05, 0) is 37.1 Å². The maximum Gasteiger partial charge on any atom is 0.122 e. The van der Waals surface area contributed by atoms with Gasteiger partial charge in [0.15, 0.2) is 0 Å². The minimum absolute atomic E-state index is 0.346. The number of aromatic nitrogens is 2. The fraction of sp³-hybridized carbons (Fsp3) is 0.333. The lowest BCUT2D eigenvalue weighted by Crippen LogP contribution is -2.28. The fourth-order valence-electron chi connectivity index (χ4n) is 1.98. The summed E-state index contributed by atoms with van der Waals surface area (Å²) in [6.45, 7) is 2.88. The molecule has 0 aliphatic heterocycles. The van der Waals surface area contributed by atoms with Gasteiger partial charge >= 0.3 is 0 Å². The number of para-hydroxylation sites is 1. The highest BCUT2D eigenvalue weighted by molar-refractivity contribution is 5.33. The molecule has 1 heterocycles. The summed E-state index contributed by atoms with van der Waals surface area (Å²) in [4.78, 5) is 0. The third kappa shape index (κ3) is 4.03. The summed E-state index contributed by atoms with van der Waals surface area (Å²) in [6.07, 6.45) is 2.60. The molecule has 19 heavy (non-hydrogen) atoms. The number of nitrogens with one attached hydrogen (secondary N) is 1. The Morgan fingerprint density at radius 2 is 2.05 bits per heavy atom. The monoisotopic (exact) mass is 257 g/mol. The third-order valence-corrected chi connectivity index (χ3v) is 2.98. The van der Waals surface area contributed by atoms with Crippen LogP contribution in [-0.2, 0) is 13.0 Å². The Bertz CT molecular complexity index is 502. The van der Waals surface area contributed by atoms with Crippen LogP contribution in [0.15, 0.2) is 42.6 Å². The fourth-order valence-corrected chi connectivity index (χ4v) is 1.98. The summed E-state index contributed by atoms with van der Waals surface area (Å²) >= 11 is 0. The van der Waals surface area contributed by atoms with Gasteiger partial charge in [-0.15, -0.1) is 0 Å². The van der Waals surface area contributed by atoms with Crippen molar-refractivity contribution in [3.8, 4) is 5.75 Å². The topological polar surface area (TPSA) is 47.0 Å². The Morgan fingerprint density at radius 3 is 2.79 bits per heavy atom. The molecule has 1 N–H and O–H groups in total. The van der Waals surface area contributed by atoms with Gasteiger partial charge in [0, 0.05) is 18.8 Å². The van der Waals surface area contributed by atoms with E-state index in [9.17, 15) is 0 Å². The van der Waals surface area contributed by atoms with Crippen molar-refractivity contribution >= 4 is 0 Å². The van der Waals surface area contributed by atoms with E-state index in [0.29, 0.717) is 6.04 Å². The van der Waals surface area contributed by atoms with Crippen LogP contribution >= 0.6 is 0 Å². The number of benzene rings is 1. The van der Waals surface area contributed by atoms with Crippen LogP contribution in [0.5, 0.6) is 5.75 Å². The molecule has 0 fully saturated rings. The minimum Gasteiger partial charge on any atom is -0.496 e. The molecule has 2 aromatic rings. The van der Waals surface area contributed by atoms with Crippen molar-refractivity contribution in [3.63, 3.8) is 0 Å². The summed E-state index contributed by atoms with van der Waals surface area (Å²) < 4.78 is 5.36. The highest BCUT2D eigenvalue weighted by Gasteiger charge is 2.07. The lowest BCUT2D eigenvalue weighted by Gasteiger charge is -2.15. The highest BCUT2D eigenvalue weighted by atomic mass is 16.5. The van der Waals surface area contributed by atoms with Crippen LogP contribution in [0, 0.1) is 0 Å². The predicted octanol–water partition coefficient (Wildman–Crippen LogP) is 2.21. The Balaban J connectivity index is 1.89. The molecule has 4 nitrogen and oxygen atoms in total. The van der Waals surface area contributed by atoms with E-state index < -0.39 is 0 Å². The summed E-state index contributed by atoms with van der Waals surface area (Å²) in [6, 6.07) is 12.3. The van der Waals surface area contributed by atoms with E-state index in [4.69, 9.17) is 4.74 Å². The van der Waals surface area contributed by atoms with Gasteiger partial charge in [0.2, 0.25) is 0 Å². The summed E-state index contributed by atoms with van der Waals surface area (Å²) in [5.41, 5.74) is 2.17. The lowest BCUT2D eigenvalue weighted by molar-refractivity contribution is 0.406. The first kappa shape index (κ1) is 13.5. The molecule has 0 saturated heterocycles. The molecule has 1 unspecified atom stereocenters. The number of nitrogens with zero attached hydrogens (tertiary/aromatic N) is 2. The molecule has 0 amide bonds. The Labute approximate surface area is 113 Å². The summed E-state index contributed by atoms with van der Waals surface area (Å²) in [5.74, 6) is 0.940. The molecule has 4 heteroatoms. The van der Waals surface area contributed by atoms with Gasteiger partial charge in [-0.3, -0.25) is 0 Å². The van der Waals surface area contributed by atoms with E-state index >= 15 is 0 Å². The Hall–Kier alpha value is -1.94. The van der Waals surface area contributed by atoms with E-state index in [1.54, 1.807) is 13.3 Å². The van der Waals surface area contributed by atoms with Crippen LogP contribution in [0.3, 0.4) is 0 Å². The molecule has 0 radical (unpaired) electrons. The van der Waals surface area contributed by atoms with Crippen molar-refractivity contribution < 1.29 is 4.74 Å². The van der Waals surface area contributed by atoms with Gasteiger partial charge in [0.25, 0.3) is 0 Å². The first-order valence-corrected chi connectivity index (χ1v) is 6.41. The molecule has 0 aliphatic rings. The molecule has 1 aromatic heterocycles. The van der Waals surface area contributed by atoms with Crippen LogP contribution < -0.4 is 10.1 Å². The molecule has 100 valence electrons. The number of methoxy groups -OCH3 is 1. The standard InChI is InChI=1S/C15H19N3O/c1-12(16-11-14-7-5-9-17-18-14)10-13-6-3-4-8-15(13)19-2/h3-9,12,16H,10-11H2,1-2H3. The van der Waals surface area contributed by atoms with Crippen molar-refractivity contribution in [1.29, 1.82) is 0 Å². The van der Waals surface area contributed by atoms with Crippen LogP contribution in [0.4, 0.5) is 0 Å². The number of ether oxygens (including phenoxy) is 1. The van der Waals surface area contributed by atoms with Crippen molar-refractivity contribution in [2.24, 2.45) is 0 Å². The van der Waals surface area contributed by atoms with Crippen molar-refractivity contribution in [1.82, 2.24) is 15.5 Å². The van der Waals surface area contributed by atoms with E-state index in [0.717, 1.165) is 24.4 Å². The van der Waals surface area contributed by atoms with Gasteiger partial charge in [-0.2, -0.15) is 10.2 Å². The molecule has 1 aromatic carbocycles. The quantitative estimate of drug-likeness (QED) is 0.862. The van der Waals surface area contributed by atoms with Crippen LogP contribution in [0.25, 0.3) is 0 Å². The molecule has 2 rings (SSSR count). The molecular weight excluding hydrogens is 238 g/mol. The van der Waals surface area contributed by atoms with E-state index in [1.165, 1.54) is 5.56 Å².